The first-order valence-electron chi connectivity index (χ1n) is 5.84. The molecule has 1 atom stereocenters. The first kappa shape index (κ1) is 15.4. The van der Waals surface area contributed by atoms with Gasteiger partial charge in [-0.1, -0.05) is 55.6 Å². The van der Waals surface area contributed by atoms with Crippen LogP contribution in [-0.4, -0.2) is 29.0 Å². The van der Waals surface area contributed by atoms with Crippen LogP contribution in [0.4, 0.5) is 0 Å². The lowest BCUT2D eigenvalue weighted by Crippen LogP contribution is -3.17. The summed E-state index contributed by atoms with van der Waals surface area (Å²) in [5.74, 6) is -0.0896. The predicted molar refractivity (Wildman–Crippen MR) is 71.6 cm³/mol. The molecule has 1 rings (SSSR count). The number of amides is 1. The van der Waals surface area contributed by atoms with Gasteiger partial charge in [-0.25, -0.2) is 0 Å². The minimum Gasteiger partial charge on any atom is -0.312 e. The molecule has 1 fully saturated rings. The third kappa shape index (κ3) is 4.47. The Morgan fingerprint density at radius 3 is 2.00 bits per heavy atom. The van der Waals surface area contributed by atoms with Gasteiger partial charge in [0, 0.05) is 18.3 Å². The summed E-state index contributed by atoms with van der Waals surface area (Å²) in [4.78, 5) is 13.1. The first-order valence-corrected chi connectivity index (χ1v) is 6.98. The number of rotatable bonds is 2. The third-order valence-corrected chi connectivity index (χ3v) is 3.59. The van der Waals surface area contributed by atoms with E-state index in [1.54, 1.807) is 0 Å². The Kier molecular flexibility index (Phi) is 4.98. The van der Waals surface area contributed by atoms with Crippen molar-refractivity contribution >= 4 is 40.7 Å². The lowest BCUT2D eigenvalue weighted by atomic mass is 9.95. The summed E-state index contributed by atoms with van der Waals surface area (Å²) in [6.07, 6.45) is 1.75. The zero-order chi connectivity index (χ0) is 13.3. The van der Waals surface area contributed by atoms with Gasteiger partial charge in [0.05, 0.1) is 13.1 Å². The maximum atomic E-state index is 12.0. The van der Waals surface area contributed by atoms with Crippen molar-refractivity contribution in [2.45, 2.75) is 43.6 Å². The van der Waals surface area contributed by atoms with E-state index >= 15 is 0 Å². The molecule has 0 bridgehead atoms. The second-order valence-corrected chi connectivity index (χ2v) is 7.93. The fourth-order valence-electron chi connectivity index (χ4n) is 1.88. The highest BCUT2D eigenvalue weighted by Crippen LogP contribution is 2.28. The van der Waals surface area contributed by atoms with Gasteiger partial charge >= 0.3 is 0 Å². The lowest BCUT2D eigenvalue weighted by Gasteiger charge is -2.32. The van der Waals surface area contributed by atoms with Gasteiger partial charge in [0.1, 0.15) is 0 Å². The van der Waals surface area contributed by atoms with E-state index in [0.29, 0.717) is 0 Å². The molecule has 6 heteroatoms. The van der Waals surface area contributed by atoms with Gasteiger partial charge in [-0.05, 0) is 0 Å². The summed E-state index contributed by atoms with van der Waals surface area (Å²) >= 11 is 17.9. The van der Waals surface area contributed by atoms with Crippen LogP contribution in [0, 0.1) is 5.41 Å². The molecule has 0 aromatic rings. The zero-order valence-corrected chi connectivity index (χ0v) is 12.7. The fourth-order valence-corrected chi connectivity index (χ4v) is 2.51. The molecular formula is C11H20Cl3N2O+. The molecule has 17 heavy (non-hydrogen) atoms. The molecule has 100 valence electrons. The van der Waals surface area contributed by atoms with Gasteiger partial charge in [0.25, 0.3) is 3.79 Å². The standard InChI is InChI=1S/C11H19Cl3N2O/c1-10(2,3)9(17)15-8(11(12,13)14)16-6-4-5-7-16/h8H,4-7H2,1-3H3,(H,15,17)/p+1/t8-/m0/s1. The largest absolute Gasteiger partial charge is 0.312 e. The van der Waals surface area contributed by atoms with Crippen molar-refractivity contribution in [1.82, 2.24) is 5.32 Å². The molecule has 2 N–H and O–H groups in total. The van der Waals surface area contributed by atoms with Crippen LogP contribution in [0.1, 0.15) is 33.6 Å². The number of hydrogen-bond donors (Lipinski definition) is 2. The van der Waals surface area contributed by atoms with Crippen molar-refractivity contribution in [3.63, 3.8) is 0 Å². The average molecular weight is 303 g/mol. The highest BCUT2D eigenvalue weighted by atomic mass is 35.6. The van der Waals surface area contributed by atoms with Crippen LogP contribution >= 0.6 is 34.8 Å². The molecule has 1 saturated heterocycles. The van der Waals surface area contributed by atoms with E-state index < -0.39 is 15.4 Å². The van der Waals surface area contributed by atoms with Gasteiger partial charge in [0.2, 0.25) is 12.1 Å². The normalized spacial score (nSPS) is 20.4. The maximum absolute atomic E-state index is 12.0. The SMILES string of the molecule is CC(C)(C)C(=O)N[C@@H]([NH+]1CCCC1)C(Cl)(Cl)Cl. The second kappa shape index (κ2) is 5.52. The fraction of sp³-hybridized carbons (Fsp3) is 0.909. The average Bonchev–Trinajstić information content (AvgIpc) is 2.62. The number of alkyl halides is 3. The van der Waals surface area contributed by atoms with Crippen LogP contribution in [0.5, 0.6) is 0 Å². The Labute approximate surface area is 118 Å². The molecule has 3 nitrogen and oxygen atoms in total. The van der Waals surface area contributed by atoms with E-state index in [0.717, 1.165) is 30.8 Å². The van der Waals surface area contributed by atoms with Gasteiger partial charge in [0.15, 0.2) is 0 Å². The third-order valence-electron chi connectivity index (χ3n) is 2.94. The van der Waals surface area contributed by atoms with Crippen molar-refractivity contribution < 1.29 is 9.69 Å². The molecule has 1 aliphatic rings. The molecule has 0 aromatic heterocycles. The molecule has 0 spiro atoms. The van der Waals surface area contributed by atoms with Gasteiger partial charge < -0.3 is 10.2 Å². The van der Waals surface area contributed by atoms with Crippen LogP contribution in [0.3, 0.4) is 0 Å². The van der Waals surface area contributed by atoms with Crippen LogP contribution in [-0.2, 0) is 4.79 Å². The Hall–Kier alpha value is 0.300. The number of carbonyl (C=O) groups excluding carboxylic acids is 1. The van der Waals surface area contributed by atoms with Crippen LogP contribution < -0.4 is 10.2 Å². The lowest BCUT2D eigenvalue weighted by molar-refractivity contribution is -0.915. The Morgan fingerprint density at radius 2 is 1.65 bits per heavy atom. The summed E-state index contributed by atoms with van der Waals surface area (Å²) in [7, 11) is 0. The van der Waals surface area contributed by atoms with Gasteiger partial charge in [-0.2, -0.15) is 0 Å². The van der Waals surface area contributed by atoms with E-state index in [2.05, 4.69) is 5.32 Å². The quantitative estimate of drug-likeness (QED) is 0.745. The Morgan fingerprint density at radius 1 is 1.18 bits per heavy atom. The van der Waals surface area contributed by atoms with E-state index in [9.17, 15) is 4.79 Å². The maximum Gasteiger partial charge on any atom is 0.262 e. The highest BCUT2D eigenvalue weighted by Gasteiger charge is 2.44. The zero-order valence-electron chi connectivity index (χ0n) is 10.4. The predicted octanol–water partition coefficient (Wildman–Crippen LogP) is 1.52. The molecule has 0 aromatic carbocycles. The Balaban J connectivity index is 2.74. The summed E-state index contributed by atoms with van der Waals surface area (Å²) in [6.45, 7) is 7.40. The number of likely N-dealkylation sites (tertiary alicyclic amines) is 1. The Bertz CT molecular complexity index is 277. The van der Waals surface area contributed by atoms with Crippen molar-refractivity contribution in [1.29, 1.82) is 0 Å². The number of quaternary nitrogens is 1. The van der Waals surface area contributed by atoms with Gasteiger partial charge in [-0.3, -0.25) is 4.79 Å². The molecule has 0 aliphatic carbocycles. The monoisotopic (exact) mass is 301 g/mol. The summed E-state index contributed by atoms with van der Waals surface area (Å²) < 4.78 is -1.47. The van der Waals surface area contributed by atoms with Crippen LogP contribution in [0.2, 0.25) is 0 Å². The van der Waals surface area contributed by atoms with Crippen molar-refractivity contribution in [3.8, 4) is 0 Å². The molecule has 0 unspecified atom stereocenters. The van der Waals surface area contributed by atoms with E-state index in [1.807, 2.05) is 20.8 Å². The molecular weight excluding hydrogens is 282 g/mol. The van der Waals surface area contributed by atoms with E-state index in [-0.39, 0.29) is 5.91 Å². The van der Waals surface area contributed by atoms with Crippen molar-refractivity contribution in [2.75, 3.05) is 13.1 Å². The van der Waals surface area contributed by atoms with E-state index in [1.165, 1.54) is 0 Å². The number of carbonyl (C=O) groups is 1. The smallest absolute Gasteiger partial charge is 0.262 e. The minimum absolute atomic E-state index is 0.0896. The number of hydrogen-bond acceptors (Lipinski definition) is 1. The second-order valence-electron chi connectivity index (χ2n) is 5.56. The van der Waals surface area contributed by atoms with Gasteiger partial charge in [-0.15, -0.1) is 0 Å². The molecule has 1 heterocycles. The van der Waals surface area contributed by atoms with Crippen molar-refractivity contribution in [2.24, 2.45) is 5.41 Å². The summed E-state index contributed by atoms with van der Waals surface area (Å²) in [5.41, 5.74) is -0.479. The molecule has 0 radical (unpaired) electrons. The van der Waals surface area contributed by atoms with E-state index in [4.69, 9.17) is 34.8 Å². The summed E-state index contributed by atoms with van der Waals surface area (Å²) in [6, 6.07) is 0. The van der Waals surface area contributed by atoms with Crippen LogP contribution in [0.15, 0.2) is 0 Å². The van der Waals surface area contributed by atoms with Crippen LogP contribution in [0.25, 0.3) is 0 Å². The molecule has 0 saturated carbocycles. The highest BCUT2D eigenvalue weighted by molar-refractivity contribution is 6.68. The topological polar surface area (TPSA) is 33.5 Å². The first-order chi connectivity index (χ1) is 7.62. The summed E-state index contributed by atoms with van der Waals surface area (Å²) in [5, 5.41) is 2.87. The number of halogens is 3. The molecule has 1 aliphatic heterocycles. The molecule has 1 amide bonds. The minimum atomic E-state index is -1.47. The van der Waals surface area contributed by atoms with Crippen molar-refractivity contribution in [3.05, 3.63) is 0 Å². The number of nitrogens with one attached hydrogen (secondary N) is 2.